The molecule has 0 aromatic heterocycles. The summed E-state index contributed by atoms with van der Waals surface area (Å²) in [6, 6.07) is 11.1. The van der Waals surface area contributed by atoms with Crippen LogP contribution in [0.1, 0.15) is 23.7 Å². The SMILES string of the molecule is CC1CCN(C(=O)c2ccc3ccccc3c2O)CC1Cl. The van der Waals surface area contributed by atoms with Crippen molar-refractivity contribution in [3.05, 3.63) is 42.0 Å². The second-order valence-corrected chi connectivity index (χ2v) is 6.28. The lowest BCUT2D eigenvalue weighted by molar-refractivity contribution is 0.0698. The maximum atomic E-state index is 12.6. The highest BCUT2D eigenvalue weighted by Crippen LogP contribution is 2.31. The molecule has 1 saturated heterocycles. The van der Waals surface area contributed by atoms with Gasteiger partial charge in [-0.05, 0) is 23.8 Å². The molecule has 0 spiro atoms. The summed E-state index contributed by atoms with van der Waals surface area (Å²) in [7, 11) is 0. The first-order valence-corrected chi connectivity index (χ1v) is 7.65. The Hall–Kier alpha value is -1.74. The average Bonchev–Trinajstić information content (AvgIpc) is 2.50. The zero-order valence-corrected chi connectivity index (χ0v) is 12.7. The number of fused-ring (bicyclic) bond motifs is 1. The highest BCUT2D eigenvalue weighted by atomic mass is 35.5. The molecule has 0 aliphatic carbocycles. The maximum absolute atomic E-state index is 12.6. The van der Waals surface area contributed by atoms with Crippen molar-refractivity contribution in [2.24, 2.45) is 5.92 Å². The van der Waals surface area contributed by atoms with E-state index in [1.54, 1.807) is 11.0 Å². The summed E-state index contributed by atoms with van der Waals surface area (Å²) in [4.78, 5) is 14.4. The van der Waals surface area contributed by atoms with Crippen molar-refractivity contribution in [3.63, 3.8) is 0 Å². The Morgan fingerprint density at radius 3 is 2.81 bits per heavy atom. The summed E-state index contributed by atoms with van der Waals surface area (Å²) in [5.41, 5.74) is 0.354. The molecule has 1 heterocycles. The summed E-state index contributed by atoms with van der Waals surface area (Å²) in [5.74, 6) is 0.333. The van der Waals surface area contributed by atoms with E-state index in [0.717, 1.165) is 11.8 Å². The van der Waals surface area contributed by atoms with Gasteiger partial charge in [0.1, 0.15) is 5.75 Å². The first kappa shape index (κ1) is 14.2. The smallest absolute Gasteiger partial charge is 0.257 e. The third-order valence-electron chi connectivity index (χ3n) is 4.28. The first-order chi connectivity index (χ1) is 10.1. The topological polar surface area (TPSA) is 40.5 Å². The average molecular weight is 304 g/mol. The Kier molecular flexibility index (Phi) is 3.77. The maximum Gasteiger partial charge on any atom is 0.257 e. The highest BCUT2D eigenvalue weighted by molar-refractivity contribution is 6.21. The van der Waals surface area contributed by atoms with Crippen molar-refractivity contribution >= 4 is 28.3 Å². The van der Waals surface area contributed by atoms with Crippen LogP contribution in [0.3, 0.4) is 0 Å². The van der Waals surface area contributed by atoms with Gasteiger partial charge in [0.25, 0.3) is 5.91 Å². The molecule has 1 fully saturated rings. The van der Waals surface area contributed by atoms with Gasteiger partial charge in [0.05, 0.1) is 10.9 Å². The number of likely N-dealkylation sites (tertiary alicyclic amines) is 1. The summed E-state index contributed by atoms with van der Waals surface area (Å²) in [6.45, 7) is 3.33. The van der Waals surface area contributed by atoms with Gasteiger partial charge in [0, 0.05) is 18.5 Å². The van der Waals surface area contributed by atoms with Gasteiger partial charge in [-0.3, -0.25) is 4.79 Å². The van der Waals surface area contributed by atoms with Crippen molar-refractivity contribution in [1.29, 1.82) is 0 Å². The van der Waals surface area contributed by atoms with Crippen LogP contribution < -0.4 is 0 Å². The fraction of sp³-hybridized carbons (Fsp3) is 0.353. The van der Waals surface area contributed by atoms with Crippen molar-refractivity contribution in [3.8, 4) is 5.75 Å². The van der Waals surface area contributed by atoms with Crippen molar-refractivity contribution < 1.29 is 9.90 Å². The molecule has 3 rings (SSSR count). The Labute approximate surface area is 129 Å². The lowest BCUT2D eigenvalue weighted by Crippen LogP contribution is -2.43. The minimum Gasteiger partial charge on any atom is -0.506 e. The summed E-state index contributed by atoms with van der Waals surface area (Å²) < 4.78 is 0. The molecule has 110 valence electrons. The molecular weight excluding hydrogens is 286 g/mol. The molecule has 0 saturated carbocycles. The summed E-state index contributed by atoms with van der Waals surface area (Å²) in [5, 5.41) is 12.0. The van der Waals surface area contributed by atoms with Crippen LogP contribution in [0.25, 0.3) is 10.8 Å². The third-order valence-corrected chi connectivity index (χ3v) is 4.85. The van der Waals surface area contributed by atoms with Crippen LogP contribution in [-0.2, 0) is 0 Å². The number of aromatic hydroxyl groups is 1. The number of carbonyl (C=O) groups is 1. The number of halogens is 1. The molecule has 1 amide bonds. The van der Waals surface area contributed by atoms with E-state index >= 15 is 0 Å². The third kappa shape index (κ3) is 2.58. The molecule has 1 aliphatic rings. The minimum atomic E-state index is -0.143. The predicted octanol–water partition coefficient (Wildman–Crippen LogP) is 3.63. The fourth-order valence-electron chi connectivity index (χ4n) is 2.80. The number of piperidine rings is 1. The molecule has 2 unspecified atom stereocenters. The molecule has 1 N–H and O–H groups in total. The van der Waals surface area contributed by atoms with E-state index in [4.69, 9.17) is 11.6 Å². The zero-order chi connectivity index (χ0) is 15.0. The van der Waals surface area contributed by atoms with Crippen LogP contribution >= 0.6 is 11.6 Å². The van der Waals surface area contributed by atoms with Crippen molar-refractivity contribution in [2.75, 3.05) is 13.1 Å². The van der Waals surface area contributed by atoms with Gasteiger partial charge in [-0.15, -0.1) is 11.6 Å². The van der Waals surface area contributed by atoms with Crippen LogP contribution in [0.2, 0.25) is 0 Å². The Bertz CT molecular complexity index is 686. The fourth-order valence-corrected chi connectivity index (χ4v) is 3.10. The normalized spacial score (nSPS) is 22.5. The Morgan fingerprint density at radius 1 is 1.29 bits per heavy atom. The molecule has 3 nitrogen and oxygen atoms in total. The number of nitrogens with zero attached hydrogens (tertiary/aromatic N) is 1. The Balaban J connectivity index is 1.93. The number of carbonyl (C=O) groups excluding carboxylic acids is 1. The number of alkyl halides is 1. The van der Waals surface area contributed by atoms with E-state index < -0.39 is 0 Å². The number of hydrogen-bond acceptors (Lipinski definition) is 2. The van der Waals surface area contributed by atoms with Gasteiger partial charge in [-0.25, -0.2) is 0 Å². The first-order valence-electron chi connectivity index (χ1n) is 7.22. The highest BCUT2D eigenvalue weighted by Gasteiger charge is 2.29. The van der Waals surface area contributed by atoms with E-state index in [2.05, 4.69) is 6.92 Å². The number of hydrogen-bond donors (Lipinski definition) is 1. The van der Waals surface area contributed by atoms with Gasteiger partial charge in [-0.2, -0.15) is 0 Å². The number of phenolic OH excluding ortho intramolecular Hbond substituents is 1. The molecular formula is C17H18ClNO2. The van der Waals surface area contributed by atoms with Gasteiger partial charge in [0.2, 0.25) is 0 Å². The van der Waals surface area contributed by atoms with Gasteiger partial charge in [-0.1, -0.05) is 37.3 Å². The second kappa shape index (κ2) is 5.57. The molecule has 2 aromatic carbocycles. The van der Waals surface area contributed by atoms with E-state index in [1.807, 2.05) is 30.3 Å². The standard InChI is InChI=1S/C17H18ClNO2/c1-11-8-9-19(10-15(11)18)17(21)14-7-6-12-4-2-3-5-13(12)16(14)20/h2-7,11,15,20H,8-10H2,1H3. The Morgan fingerprint density at radius 2 is 2.05 bits per heavy atom. The number of amides is 1. The quantitative estimate of drug-likeness (QED) is 0.817. The molecule has 4 heteroatoms. The minimum absolute atomic E-state index is 0.0229. The van der Waals surface area contributed by atoms with Crippen LogP contribution in [0, 0.1) is 5.92 Å². The van der Waals surface area contributed by atoms with Crippen molar-refractivity contribution in [1.82, 2.24) is 4.90 Å². The molecule has 0 radical (unpaired) electrons. The largest absolute Gasteiger partial charge is 0.506 e. The number of phenols is 1. The van der Waals surface area contributed by atoms with E-state index in [9.17, 15) is 9.90 Å². The molecule has 1 aliphatic heterocycles. The molecule has 2 aromatic rings. The van der Waals surface area contributed by atoms with E-state index in [0.29, 0.717) is 30.0 Å². The lowest BCUT2D eigenvalue weighted by Gasteiger charge is -2.34. The second-order valence-electron chi connectivity index (χ2n) is 5.72. The number of benzene rings is 2. The molecule has 0 bridgehead atoms. The van der Waals surface area contributed by atoms with Crippen LogP contribution in [0.4, 0.5) is 0 Å². The van der Waals surface area contributed by atoms with E-state index in [-0.39, 0.29) is 17.0 Å². The monoisotopic (exact) mass is 303 g/mol. The van der Waals surface area contributed by atoms with Crippen LogP contribution in [0.15, 0.2) is 36.4 Å². The number of rotatable bonds is 1. The van der Waals surface area contributed by atoms with E-state index in [1.165, 1.54) is 0 Å². The summed E-state index contributed by atoms with van der Waals surface area (Å²) in [6.07, 6.45) is 0.897. The van der Waals surface area contributed by atoms with Crippen LogP contribution in [-0.4, -0.2) is 34.4 Å². The molecule has 21 heavy (non-hydrogen) atoms. The van der Waals surface area contributed by atoms with Crippen LogP contribution in [0.5, 0.6) is 5.75 Å². The van der Waals surface area contributed by atoms with Gasteiger partial charge in [0.15, 0.2) is 0 Å². The lowest BCUT2D eigenvalue weighted by atomic mass is 9.97. The predicted molar refractivity (Wildman–Crippen MR) is 84.9 cm³/mol. The molecule has 2 atom stereocenters. The van der Waals surface area contributed by atoms with Gasteiger partial charge >= 0.3 is 0 Å². The summed E-state index contributed by atoms with van der Waals surface area (Å²) >= 11 is 6.27. The van der Waals surface area contributed by atoms with Gasteiger partial charge < -0.3 is 10.0 Å². The zero-order valence-electron chi connectivity index (χ0n) is 11.9. The van der Waals surface area contributed by atoms with Crippen molar-refractivity contribution in [2.45, 2.75) is 18.7 Å².